The van der Waals surface area contributed by atoms with E-state index in [2.05, 4.69) is 0 Å². The smallest absolute Gasteiger partial charge is 0.423 e. The topological polar surface area (TPSA) is 40.5 Å². The van der Waals surface area contributed by atoms with E-state index in [-0.39, 0.29) is 0 Å². The van der Waals surface area contributed by atoms with E-state index >= 15 is 0 Å². The fourth-order valence-corrected chi connectivity index (χ4v) is 1.10. The molecule has 0 atom stereocenters. The summed E-state index contributed by atoms with van der Waals surface area (Å²) in [5.41, 5.74) is 1.38. The molecule has 0 saturated carbocycles. The van der Waals surface area contributed by atoms with Gasteiger partial charge in [-0.15, -0.1) is 0 Å². The summed E-state index contributed by atoms with van der Waals surface area (Å²) in [5.74, 6) is 0. The van der Waals surface area contributed by atoms with Crippen LogP contribution in [0.25, 0.3) is 5.47 Å². The molecule has 0 saturated heterocycles. The second kappa shape index (κ2) is 4.09. The van der Waals surface area contributed by atoms with Crippen LogP contribution in [0.5, 0.6) is 0 Å². The van der Waals surface area contributed by atoms with Gasteiger partial charge in [-0.1, -0.05) is 36.4 Å². The van der Waals surface area contributed by atoms with Gasteiger partial charge in [0.1, 0.15) is 0 Å². The molecule has 0 fully saturated rings. The molecule has 0 heterocycles. The molecule has 2 N–H and O–H groups in total. The monoisotopic (exact) mass is 162 g/mol. The van der Waals surface area contributed by atoms with Crippen molar-refractivity contribution in [3.8, 4) is 0 Å². The standard InChI is InChI=1S/C9H11BO2/c1-2-9(10(11)12)8-6-4-3-5-7-8/h2-7,11-12H,1H3/b9-2-. The van der Waals surface area contributed by atoms with E-state index in [4.69, 9.17) is 10.0 Å². The first-order valence-electron chi connectivity index (χ1n) is 3.83. The van der Waals surface area contributed by atoms with Crippen molar-refractivity contribution >= 4 is 12.6 Å². The molecule has 1 aromatic rings. The lowest BCUT2D eigenvalue weighted by Crippen LogP contribution is -2.13. The lowest BCUT2D eigenvalue weighted by molar-refractivity contribution is 0.427. The van der Waals surface area contributed by atoms with Gasteiger partial charge in [0.05, 0.1) is 0 Å². The van der Waals surface area contributed by atoms with Crippen LogP contribution in [0.3, 0.4) is 0 Å². The fourth-order valence-electron chi connectivity index (χ4n) is 1.10. The Kier molecular flexibility index (Phi) is 3.08. The molecule has 12 heavy (non-hydrogen) atoms. The van der Waals surface area contributed by atoms with Gasteiger partial charge in [0.25, 0.3) is 0 Å². The zero-order chi connectivity index (χ0) is 8.97. The molecule has 0 unspecified atom stereocenters. The summed E-state index contributed by atoms with van der Waals surface area (Å²) in [7, 11) is -1.39. The van der Waals surface area contributed by atoms with Gasteiger partial charge in [0.2, 0.25) is 0 Å². The summed E-state index contributed by atoms with van der Waals surface area (Å²) in [5, 5.41) is 17.9. The van der Waals surface area contributed by atoms with Gasteiger partial charge in [0, 0.05) is 0 Å². The van der Waals surface area contributed by atoms with Crippen LogP contribution in [0.2, 0.25) is 0 Å². The van der Waals surface area contributed by atoms with E-state index in [0.29, 0.717) is 5.47 Å². The van der Waals surface area contributed by atoms with Crippen LogP contribution in [0.1, 0.15) is 12.5 Å². The minimum atomic E-state index is -1.39. The van der Waals surface area contributed by atoms with Crippen molar-refractivity contribution in [2.75, 3.05) is 0 Å². The molecule has 0 aliphatic carbocycles. The second-order valence-electron chi connectivity index (χ2n) is 2.48. The average Bonchev–Trinajstić information content (AvgIpc) is 2.07. The number of hydrogen-bond donors (Lipinski definition) is 2. The zero-order valence-corrected chi connectivity index (χ0v) is 6.94. The van der Waals surface area contributed by atoms with Crippen LogP contribution < -0.4 is 0 Å². The van der Waals surface area contributed by atoms with Crippen LogP contribution >= 0.6 is 0 Å². The highest BCUT2D eigenvalue weighted by Gasteiger charge is 2.14. The number of rotatable bonds is 2. The summed E-state index contributed by atoms with van der Waals surface area (Å²) < 4.78 is 0. The maximum absolute atomic E-state index is 8.95. The Morgan fingerprint density at radius 3 is 2.25 bits per heavy atom. The molecule has 0 bridgehead atoms. The van der Waals surface area contributed by atoms with E-state index in [0.717, 1.165) is 5.56 Å². The highest BCUT2D eigenvalue weighted by atomic mass is 16.4. The first kappa shape index (κ1) is 9.04. The van der Waals surface area contributed by atoms with Crippen molar-refractivity contribution in [1.82, 2.24) is 0 Å². The molecule has 2 nitrogen and oxygen atoms in total. The highest BCUT2D eigenvalue weighted by Crippen LogP contribution is 2.13. The predicted molar refractivity (Wildman–Crippen MR) is 50.3 cm³/mol. The third-order valence-electron chi connectivity index (χ3n) is 1.70. The van der Waals surface area contributed by atoms with E-state index in [1.165, 1.54) is 0 Å². The number of hydrogen-bond acceptors (Lipinski definition) is 2. The molecule has 0 aliphatic heterocycles. The van der Waals surface area contributed by atoms with Crippen molar-refractivity contribution in [2.45, 2.75) is 6.92 Å². The molecule has 0 spiro atoms. The molecule has 62 valence electrons. The first-order valence-corrected chi connectivity index (χ1v) is 3.83. The van der Waals surface area contributed by atoms with Crippen molar-refractivity contribution in [1.29, 1.82) is 0 Å². The lowest BCUT2D eigenvalue weighted by Gasteiger charge is -2.04. The third kappa shape index (κ3) is 1.97. The van der Waals surface area contributed by atoms with Crippen molar-refractivity contribution < 1.29 is 10.0 Å². The highest BCUT2D eigenvalue weighted by molar-refractivity contribution is 6.65. The predicted octanol–water partition coefficient (Wildman–Crippen LogP) is 1.10. The Balaban J connectivity index is 2.97. The van der Waals surface area contributed by atoms with E-state index in [9.17, 15) is 0 Å². The summed E-state index contributed by atoms with van der Waals surface area (Å²) >= 11 is 0. The average molecular weight is 162 g/mol. The third-order valence-corrected chi connectivity index (χ3v) is 1.70. The minimum Gasteiger partial charge on any atom is -0.423 e. The zero-order valence-electron chi connectivity index (χ0n) is 6.94. The van der Waals surface area contributed by atoms with Crippen LogP contribution in [-0.2, 0) is 0 Å². The lowest BCUT2D eigenvalue weighted by atomic mass is 9.75. The quantitative estimate of drug-likeness (QED) is 0.639. The summed E-state index contributed by atoms with van der Waals surface area (Å²) in [6.07, 6.45) is 1.69. The van der Waals surface area contributed by atoms with Crippen molar-refractivity contribution in [2.24, 2.45) is 0 Å². The van der Waals surface area contributed by atoms with Gasteiger partial charge in [0.15, 0.2) is 0 Å². The van der Waals surface area contributed by atoms with Gasteiger partial charge in [-0.05, 0) is 18.0 Å². The van der Waals surface area contributed by atoms with E-state index < -0.39 is 7.12 Å². The van der Waals surface area contributed by atoms with Gasteiger partial charge in [-0.2, -0.15) is 0 Å². The minimum absolute atomic E-state index is 0.538. The molecule has 0 aliphatic rings. The Hall–Kier alpha value is -1.06. The molecule has 1 rings (SSSR count). The van der Waals surface area contributed by atoms with Crippen LogP contribution in [-0.4, -0.2) is 17.2 Å². The summed E-state index contributed by atoms with van der Waals surface area (Å²) in [6.45, 7) is 1.78. The molecule has 3 heteroatoms. The van der Waals surface area contributed by atoms with E-state index in [1.54, 1.807) is 13.0 Å². The fraction of sp³-hybridized carbons (Fsp3) is 0.111. The number of allylic oxidation sites excluding steroid dienone is 1. The Labute approximate surface area is 72.3 Å². The van der Waals surface area contributed by atoms with Crippen LogP contribution in [0.4, 0.5) is 0 Å². The summed E-state index contributed by atoms with van der Waals surface area (Å²) in [6, 6.07) is 9.30. The molecule has 0 radical (unpaired) electrons. The summed E-state index contributed by atoms with van der Waals surface area (Å²) in [4.78, 5) is 0. The maximum atomic E-state index is 8.95. The Bertz CT molecular complexity index is 267. The van der Waals surface area contributed by atoms with E-state index in [1.807, 2.05) is 30.3 Å². The Morgan fingerprint density at radius 2 is 1.83 bits per heavy atom. The van der Waals surface area contributed by atoms with Crippen LogP contribution in [0, 0.1) is 0 Å². The molecule has 0 aromatic heterocycles. The normalized spacial score (nSPS) is 11.4. The second-order valence-corrected chi connectivity index (χ2v) is 2.48. The van der Waals surface area contributed by atoms with Gasteiger partial charge in [-0.3, -0.25) is 0 Å². The van der Waals surface area contributed by atoms with Crippen LogP contribution in [0.15, 0.2) is 36.4 Å². The van der Waals surface area contributed by atoms with Gasteiger partial charge in [-0.25, -0.2) is 0 Å². The maximum Gasteiger partial charge on any atom is 0.488 e. The molecule has 0 amide bonds. The Morgan fingerprint density at radius 1 is 1.25 bits per heavy atom. The largest absolute Gasteiger partial charge is 0.488 e. The number of benzene rings is 1. The van der Waals surface area contributed by atoms with Crippen molar-refractivity contribution in [3.05, 3.63) is 42.0 Å². The van der Waals surface area contributed by atoms with Crippen molar-refractivity contribution in [3.63, 3.8) is 0 Å². The molecular formula is C9H11BO2. The SMILES string of the molecule is C/C=C(\B(O)O)c1ccccc1. The molecular weight excluding hydrogens is 151 g/mol. The molecule has 1 aromatic carbocycles. The van der Waals surface area contributed by atoms with Gasteiger partial charge < -0.3 is 10.0 Å². The first-order chi connectivity index (χ1) is 5.75. The van der Waals surface area contributed by atoms with Gasteiger partial charge >= 0.3 is 7.12 Å².